The van der Waals surface area contributed by atoms with Crippen molar-refractivity contribution in [1.29, 1.82) is 0 Å². The van der Waals surface area contributed by atoms with Gasteiger partial charge in [-0.25, -0.2) is 0 Å². The summed E-state index contributed by atoms with van der Waals surface area (Å²) >= 11 is 0. The number of nitrogens with zero attached hydrogens (tertiary/aromatic N) is 4. The van der Waals surface area contributed by atoms with Crippen LogP contribution in [0.5, 0.6) is 0 Å². The topological polar surface area (TPSA) is 57.5 Å². The number of hydrogen-bond acceptors (Lipinski definition) is 3. The fourth-order valence-corrected chi connectivity index (χ4v) is 3.28. The molecule has 1 aromatic carbocycles. The Balaban J connectivity index is 1.52. The summed E-state index contributed by atoms with van der Waals surface area (Å²) < 4.78 is 1.83. The number of aryl methyl sites for hydroxylation is 2. The number of guanidine groups is 1. The van der Waals surface area contributed by atoms with Crippen LogP contribution in [0.15, 0.2) is 41.7 Å². The highest BCUT2D eigenvalue weighted by atomic mass is 15.2. The summed E-state index contributed by atoms with van der Waals surface area (Å²) in [6.45, 7) is 7.95. The average Bonchev–Trinajstić information content (AvgIpc) is 3.25. The number of aliphatic imine (C=N–C) groups is 1. The van der Waals surface area contributed by atoms with Crippen LogP contribution in [0, 0.1) is 6.92 Å². The van der Waals surface area contributed by atoms with E-state index in [4.69, 9.17) is 4.99 Å². The molecule has 0 saturated carbocycles. The first-order valence-corrected chi connectivity index (χ1v) is 9.48. The molecule has 0 aliphatic carbocycles. The van der Waals surface area contributed by atoms with E-state index < -0.39 is 0 Å². The number of nitrogens with one attached hydrogen (secondary N) is 2. The van der Waals surface area contributed by atoms with E-state index in [0.29, 0.717) is 6.04 Å². The number of rotatable bonds is 6. The lowest BCUT2D eigenvalue weighted by Gasteiger charge is -2.20. The smallest absolute Gasteiger partial charge is 0.191 e. The molecule has 1 unspecified atom stereocenters. The van der Waals surface area contributed by atoms with E-state index in [1.807, 2.05) is 24.1 Å². The second kappa shape index (κ2) is 8.74. The summed E-state index contributed by atoms with van der Waals surface area (Å²) in [7, 11) is 1.94. The van der Waals surface area contributed by atoms with E-state index in [9.17, 15) is 0 Å². The van der Waals surface area contributed by atoms with Crippen molar-refractivity contribution < 1.29 is 0 Å². The van der Waals surface area contributed by atoms with Gasteiger partial charge in [0.15, 0.2) is 5.96 Å². The molecule has 140 valence electrons. The highest BCUT2D eigenvalue weighted by molar-refractivity contribution is 5.80. The Labute approximate surface area is 156 Å². The molecular weight excluding hydrogens is 324 g/mol. The van der Waals surface area contributed by atoms with Gasteiger partial charge in [0.25, 0.3) is 0 Å². The summed E-state index contributed by atoms with van der Waals surface area (Å²) in [6.07, 6.45) is 5.99. The maximum absolute atomic E-state index is 4.73. The van der Waals surface area contributed by atoms with E-state index in [-0.39, 0.29) is 0 Å². The van der Waals surface area contributed by atoms with Gasteiger partial charge >= 0.3 is 0 Å². The molecule has 1 atom stereocenters. The molecule has 1 saturated heterocycles. The second-order valence-corrected chi connectivity index (χ2v) is 6.94. The molecule has 3 rings (SSSR count). The Morgan fingerprint density at radius 2 is 2.12 bits per heavy atom. The highest BCUT2D eigenvalue weighted by Gasteiger charge is 2.23. The largest absolute Gasteiger partial charge is 0.369 e. The van der Waals surface area contributed by atoms with E-state index in [1.54, 1.807) is 0 Å². The highest BCUT2D eigenvalue weighted by Crippen LogP contribution is 2.20. The molecule has 6 heteroatoms. The summed E-state index contributed by atoms with van der Waals surface area (Å²) in [5.74, 6) is 0.909. The monoisotopic (exact) mass is 354 g/mol. The van der Waals surface area contributed by atoms with Gasteiger partial charge in [-0.3, -0.25) is 9.67 Å². The molecule has 0 radical (unpaired) electrons. The van der Waals surface area contributed by atoms with Crippen LogP contribution >= 0.6 is 0 Å². The molecule has 1 aliphatic rings. The van der Waals surface area contributed by atoms with Crippen LogP contribution in [0.1, 0.15) is 24.5 Å². The Kier molecular flexibility index (Phi) is 6.15. The van der Waals surface area contributed by atoms with Gasteiger partial charge in [-0.1, -0.05) is 17.7 Å². The third-order valence-corrected chi connectivity index (χ3v) is 4.70. The SMILES string of the molecule is CCNC(=NCCc1cnn(C)c1)NC1CCN(c2ccc(C)cc2)C1. The van der Waals surface area contributed by atoms with Crippen molar-refractivity contribution in [1.82, 2.24) is 20.4 Å². The molecule has 1 fully saturated rings. The van der Waals surface area contributed by atoms with Gasteiger partial charge in [0.2, 0.25) is 0 Å². The van der Waals surface area contributed by atoms with E-state index >= 15 is 0 Å². The van der Waals surface area contributed by atoms with Crippen molar-refractivity contribution in [2.45, 2.75) is 32.7 Å². The molecule has 0 spiro atoms. The number of aromatic nitrogens is 2. The van der Waals surface area contributed by atoms with Gasteiger partial charge in [0.05, 0.1) is 6.20 Å². The molecule has 0 amide bonds. The maximum atomic E-state index is 4.73. The number of benzene rings is 1. The fourth-order valence-electron chi connectivity index (χ4n) is 3.28. The zero-order valence-electron chi connectivity index (χ0n) is 16.1. The van der Waals surface area contributed by atoms with E-state index in [2.05, 4.69) is 58.7 Å². The molecular formula is C20H30N6. The standard InChI is InChI=1S/C20H30N6/c1-4-21-20(22-11-9-17-13-23-25(3)14-17)24-18-10-12-26(15-18)19-7-5-16(2)6-8-19/h5-8,13-14,18H,4,9-12,15H2,1-3H3,(H2,21,22,24). The van der Waals surface area contributed by atoms with Gasteiger partial charge in [0.1, 0.15) is 0 Å². The molecule has 1 aliphatic heterocycles. The maximum Gasteiger partial charge on any atom is 0.191 e. The lowest BCUT2D eigenvalue weighted by molar-refractivity contribution is 0.649. The minimum atomic E-state index is 0.424. The number of anilines is 1. The van der Waals surface area contributed by atoms with Crippen molar-refractivity contribution >= 4 is 11.6 Å². The van der Waals surface area contributed by atoms with Crippen LogP contribution in [-0.4, -0.2) is 48.0 Å². The molecule has 2 aromatic rings. The van der Waals surface area contributed by atoms with Crippen molar-refractivity contribution in [3.8, 4) is 0 Å². The summed E-state index contributed by atoms with van der Waals surface area (Å²) in [4.78, 5) is 7.17. The van der Waals surface area contributed by atoms with Crippen LogP contribution in [-0.2, 0) is 13.5 Å². The first-order valence-electron chi connectivity index (χ1n) is 9.48. The normalized spacial score (nSPS) is 17.6. The molecule has 2 heterocycles. The zero-order chi connectivity index (χ0) is 18.4. The zero-order valence-corrected chi connectivity index (χ0v) is 16.1. The first-order chi connectivity index (χ1) is 12.6. The average molecular weight is 355 g/mol. The van der Waals surface area contributed by atoms with Gasteiger partial charge < -0.3 is 15.5 Å². The molecule has 0 bridgehead atoms. The molecule has 1 aromatic heterocycles. The fraction of sp³-hybridized carbons (Fsp3) is 0.500. The summed E-state index contributed by atoms with van der Waals surface area (Å²) in [5.41, 5.74) is 3.83. The van der Waals surface area contributed by atoms with E-state index in [1.165, 1.54) is 16.8 Å². The minimum Gasteiger partial charge on any atom is -0.369 e. The third kappa shape index (κ3) is 5.00. The molecule has 6 nitrogen and oxygen atoms in total. The Hall–Kier alpha value is -2.50. The van der Waals surface area contributed by atoms with Crippen molar-refractivity contribution in [3.05, 3.63) is 47.8 Å². The third-order valence-electron chi connectivity index (χ3n) is 4.70. The van der Waals surface area contributed by atoms with Crippen LogP contribution in [0.25, 0.3) is 0 Å². The minimum absolute atomic E-state index is 0.424. The Morgan fingerprint density at radius 1 is 1.31 bits per heavy atom. The van der Waals surface area contributed by atoms with Crippen molar-refractivity contribution in [3.63, 3.8) is 0 Å². The van der Waals surface area contributed by atoms with Gasteiger partial charge in [0, 0.05) is 51.2 Å². The summed E-state index contributed by atoms with van der Waals surface area (Å²) in [6, 6.07) is 9.21. The predicted octanol–water partition coefficient (Wildman–Crippen LogP) is 2.11. The summed E-state index contributed by atoms with van der Waals surface area (Å²) in [5, 5.41) is 11.2. The molecule has 26 heavy (non-hydrogen) atoms. The quantitative estimate of drug-likeness (QED) is 0.616. The first kappa shape index (κ1) is 18.3. The Morgan fingerprint density at radius 3 is 2.81 bits per heavy atom. The lowest BCUT2D eigenvalue weighted by Crippen LogP contribution is -2.44. The predicted molar refractivity (Wildman–Crippen MR) is 108 cm³/mol. The van der Waals surface area contributed by atoms with Crippen LogP contribution in [0.3, 0.4) is 0 Å². The van der Waals surface area contributed by atoms with E-state index in [0.717, 1.165) is 45.0 Å². The van der Waals surface area contributed by atoms with Crippen LogP contribution in [0.4, 0.5) is 5.69 Å². The lowest BCUT2D eigenvalue weighted by atomic mass is 10.2. The van der Waals surface area contributed by atoms with Gasteiger partial charge in [-0.2, -0.15) is 5.10 Å². The van der Waals surface area contributed by atoms with Crippen molar-refractivity contribution in [2.75, 3.05) is 31.1 Å². The van der Waals surface area contributed by atoms with Crippen LogP contribution in [0.2, 0.25) is 0 Å². The molecule has 2 N–H and O–H groups in total. The number of hydrogen-bond donors (Lipinski definition) is 2. The van der Waals surface area contributed by atoms with Gasteiger partial charge in [-0.15, -0.1) is 0 Å². The van der Waals surface area contributed by atoms with Crippen molar-refractivity contribution in [2.24, 2.45) is 12.0 Å². The van der Waals surface area contributed by atoms with Gasteiger partial charge in [-0.05, 0) is 44.4 Å². The Bertz CT molecular complexity index is 718. The second-order valence-electron chi connectivity index (χ2n) is 6.94. The van der Waals surface area contributed by atoms with Crippen LogP contribution < -0.4 is 15.5 Å².